The van der Waals surface area contributed by atoms with Crippen LogP contribution in [0.25, 0.3) is 0 Å². The quantitative estimate of drug-likeness (QED) is 0.832. The van der Waals surface area contributed by atoms with Gasteiger partial charge in [0.15, 0.2) is 0 Å². The van der Waals surface area contributed by atoms with Crippen molar-refractivity contribution in [2.45, 2.75) is 26.3 Å². The number of pyridine rings is 1. The third-order valence-corrected chi connectivity index (χ3v) is 5.43. The Bertz CT molecular complexity index is 774. The van der Waals surface area contributed by atoms with Crippen LogP contribution in [0.4, 0.5) is 5.82 Å². The van der Waals surface area contributed by atoms with Gasteiger partial charge in [0.2, 0.25) is 5.91 Å². The van der Waals surface area contributed by atoms with Crippen LogP contribution >= 0.6 is 0 Å². The molecule has 6 nitrogen and oxygen atoms in total. The highest BCUT2D eigenvalue weighted by Gasteiger charge is 2.33. The number of aromatic nitrogens is 1. The van der Waals surface area contributed by atoms with Crippen LogP contribution in [-0.2, 0) is 4.79 Å². The molecule has 1 aromatic heterocycles. The number of nitrogens with zero attached hydrogens (tertiary/aromatic N) is 2. The Morgan fingerprint density at radius 3 is 2.32 bits per heavy atom. The van der Waals surface area contributed by atoms with E-state index in [2.05, 4.69) is 15.2 Å². The molecule has 2 N–H and O–H groups in total. The molecule has 0 saturated carbocycles. The molecule has 148 valence electrons. The van der Waals surface area contributed by atoms with E-state index >= 15 is 0 Å². The van der Waals surface area contributed by atoms with Crippen LogP contribution in [-0.4, -0.2) is 48.9 Å². The lowest BCUT2D eigenvalue weighted by atomic mass is 9.97. The molecule has 1 aliphatic heterocycles. The lowest BCUT2D eigenvalue weighted by Crippen LogP contribution is -2.57. The number of H-pyrrole nitrogens is 1. The fraction of sp³-hybridized carbons (Fsp3) is 0.409. The number of nitrogens with one attached hydrogen (secondary N) is 2. The second kappa shape index (κ2) is 9.35. The molecule has 0 radical (unpaired) electrons. The summed E-state index contributed by atoms with van der Waals surface area (Å²) < 4.78 is 0. The number of carbonyl (C=O) groups is 2. The molecular weight excluding hydrogens is 352 g/mol. The standard InChI is InChI=1S/C22H28N4O2/c1-3-17(2)20(24-21(27)18-9-5-4-6-10-18)22(28)26-15-13-25(14-16-26)19-11-7-8-12-23-19/h4-12,17,20H,3,13-16H2,1-2H3,(H,24,27)/p+1/t17-,20-/m0/s1. The lowest BCUT2D eigenvalue weighted by molar-refractivity contribution is -0.364. The predicted octanol–water partition coefficient (Wildman–Crippen LogP) is 1.99. The third-order valence-electron chi connectivity index (χ3n) is 5.43. The summed E-state index contributed by atoms with van der Waals surface area (Å²) in [4.78, 5) is 33.2. The van der Waals surface area contributed by atoms with Crippen molar-refractivity contribution in [3.05, 3.63) is 60.3 Å². The highest BCUT2D eigenvalue weighted by molar-refractivity contribution is 5.97. The van der Waals surface area contributed by atoms with Crippen molar-refractivity contribution >= 4 is 17.6 Å². The topological polar surface area (TPSA) is 66.8 Å². The number of aromatic amines is 1. The maximum absolute atomic E-state index is 13.2. The second-order valence-corrected chi connectivity index (χ2v) is 7.26. The van der Waals surface area contributed by atoms with Gasteiger partial charge in [-0.25, -0.2) is 4.98 Å². The molecule has 1 fully saturated rings. The zero-order valence-corrected chi connectivity index (χ0v) is 16.6. The number of piperazine rings is 1. The van der Waals surface area contributed by atoms with E-state index in [1.807, 2.05) is 61.3 Å². The maximum Gasteiger partial charge on any atom is 0.274 e. The van der Waals surface area contributed by atoms with Crippen LogP contribution in [0.2, 0.25) is 0 Å². The summed E-state index contributed by atoms with van der Waals surface area (Å²) in [6, 6.07) is 14.6. The number of anilines is 1. The van der Waals surface area contributed by atoms with E-state index in [0.29, 0.717) is 18.7 Å². The molecule has 2 amide bonds. The van der Waals surface area contributed by atoms with Crippen LogP contribution in [0.1, 0.15) is 30.6 Å². The maximum atomic E-state index is 13.2. The SMILES string of the molecule is CC[C@H](C)[C@H](NC(=O)c1ccccc1)C(=O)N1CCN(c2cccc[nH+]2)CC1. The van der Waals surface area contributed by atoms with Crippen molar-refractivity contribution in [1.29, 1.82) is 0 Å². The fourth-order valence-corrected chi connectivity index (χ4v) is 3.44. The van der Waals surface area contributed by atoms with Gasteiger partial charge in [-0.1, -0.05) is 44.5 Å². The van der Waals surface area contributed by atoms with Crippen molar-refractivity contribution in [2.24, 2.45) is 5.92 Å². The molecule has 2 atom stereocenters. The van der Waals surface area contributed by atoms with E-state index in [-0.39, 0.29) is 17.7 Å². The molecule has 2 aromatic rings. The van der Waals surface area contributed by atoms with Crippen molar-refractivity contribution < 1.29 is 14.6 Å². The van der Waals surface area contributed by atoms with Gasteiger partial charge >= 0.3 is 0 Å². The van der Waals surface area contributed by atoms with Crippen LogP contribution in [0, 0.1) is 5.92 Å². The van der Waals surface area contributed by atoms with Crippen molar-refractivity contribution in [3.8, 4) is 0 Å². The summed E-state index contributed by atoms with van der Waals surface area (Å²) in [5.74, 6) is 0.943. The number of carbonyl (C=O) groups excluding carboxylic acids is 2. The second-order valence-electron chi connectivity index (χ2n) is 7.26. The summed E-state index contributed by atoms with van der Waals surface area (Å²) in [5.41, 5.74) is 0.577. The first-order valence-corrected chi connectivity index (χ1v) is 9.96. The Hall–Kier alpha value is -2.89. The molecule has 28 heavy (non-hydrogen) atoms. The van der Waals surface area contributed by atoms with Gasteiger partial charge in [-0.2, -0.15) is 0 Å². The summed E-state index contributed by atoms with van der Waals surface area (Å²) in [6.45, 7) is 6.90. The summed E-state index contributed by atoms with van der Waals surface area (Å²) >= 11 is 0. The van der Waals surface area contributed by atoms with Crippen LogP contribution < -0.4 is 15.2 Å². The Balaban J connectivity index is 1.64. The number of rotatable bonds is 6. The zero-order valence-electron chi connectivity index (χ0n) is 16.6. The van der Waals surface area contributed by atoms with E-state index in [4.69, 9.17) is 0 Å². The van der Waals surface area contributed by atoms with E-state index < -0.39 is 6.04 Å². The Labute approximate surface area is 166 Å². The minimum atomic E-state index is -0.507. The first kappa shape index (κ1) is 19.9. The molecule has 0 aliphatic carbocycles. The summed E-state index contributed by atoms with van der Waals surface area (Å²) in [5, 5.41) is 2.97. The Morgan fingerprint density at radius 1 is 1.04 bits per heavy atom. The minimum absolute atomic E-state index is 0.00956. The van der Waals surface area contributed by atoms with Gasteiger partial charge in [0, 0.05) is 11.6 Å². The molecule has 0 unspecified atom stereocenters. The monoisotopic (exact) mass is 381 g/mol. The predicted molar refractivity (Wildman–Crippen MR) is 109 cm³/mol. The van der Waals surface area contributed by atoms with Crippen molar-refractivity contribution in [1.82, 2.24) is 10.2 Å². The number of benzene rings is 1. The Morgan fingerprint density at radius 2 is 1.71 bits per heavy atom. The molecule has 6 heteroatoms. The molecular formula is C22H29N4O2+. The van der Waals surface area contributed by atoms with Gasteiger partial charge in [-0.15, -0.1) is 0 Å². The van der Waals surface area contributed by atoms with Gasteiger partial charge in [-0.3, -0.25) is 14.5 Å². The van der Waals surface area contributed by atoms with Gasteiger partial charge in [-0.05, 0) is 24.1 Å². The van der Waals surface area contributed by atoms with Crippen LogP contribution in [0.3, 0.4) is 0 Å². The number of hydrogen-bond acceptors (Lipinski definition) is 3. The normalized spacial score (nSPS) is 16.4. The lowest BCUT2D eigenvalue weighted by Gasteiger charge is -2.35. The first-order chi connectivity index (χ1) is 13.6. The molecule has 2 heterocycles. The van der Waals surface area contributed by atoms with Crippen molar-refractivity contribution in [3.63, 3.8) is 0 Å². The van der Waals surface area contributed by atoms with E-state index in [1.54, 1.807) is 12.1 Å². The summed E-state index contributed by atoms with van der Waals surface area (Å²) in [7, 11) is 0. The summed E-state index contributed by atoms with van der Waals surface area (Å²) in [6.07, 6.45) is 2.73. The molecule has 1 aromatic carbocycles. The van der Waals surface area contributed by atoms with Gasteiger partial charge in [0.1, 0.15) is 19.1 Å². The van der Waals surface area contributed by atoms with Gasteiger partial charge in [0.05, 0.1) is 19.3 Å². The highest BCUT2D eigenvalue weighted by atomic mass is 16.2. The van der Waals surface area contributed by atoms with E-state index in [0.717, 1.165) is 25.3 Å². The van der Waals surface area contributed by atoms with Gasteiger partial charge < -0.3 is 10.2 Å². The van der Waals surface area contributed by atoms with Gasteiger partial charge in [0.25, 0.3) is 11.7 Å². The molecule has 3 rings (SSSR count). The molecule has 1 aliphatic rings. The van der Waals surface area contributed by atoms with Crippen molar-refractivity contribution in [2.75, 3.05) is 31.1 Å². The van der Waals surface area contributed by atoms with E-state index in [1.165, 1.54) is 0 Å². The molecule has 0 spiro atoms. The zero-order chi connectivity index (χ0) is 19.9. The largest absolute Gasteiger partial charge is 0.340 e. The third kappa shape index (κ3) is 4.68. The smallest absolute Gasteiger partial charge is 0.274 e. The number of hydrogen-bond donors (Lipinski definition) is 1. The minimum Gasteiger partial charge on any atom is -0.340 e. The Kier molecular flexibility index (Phi) is 6.63. The average Bonchev–Trinajstić information content (AvgIpc) is 2.77. The molecule has 0 bridgehead atoms. The number of amides is 2. The van der Waals surface area contributed by atoms with E-state index in [9.17, 15) is 9.59 Å². The molecule has 1 saturated heterocycles. The van der Waals surface area contributed by atoms with Crippen LogP contribution in [0.15, 0.2) is 54.7 Å². The van der Waals surface area contributed by atoms with Crippen LogP contribution in [0.5, 0.6) is 0 Å². The highest BCUT2D eigenvalue weighted by Crippen LogP contribution is 2.15. The average molecular weight is 382 g/mol. The first-order valence-electron chi connectivity index (χ1n) is 9.96. The fourth-order valence-electron chi connectivity index (χ4n) is 3.44.